The number of amides is 2. The van der Waals surface area contributed by atoms with Crippen molar-refractivity contribution in [3.05, 3.63) is 35.4 Å². The first-order valence-electron chi connectivity index (χ1n) is 9.89. The summed E-state index contributed by atoms with van der Waals surface area (Å²) in [5.41, 5.74) is 8.02. The summed E-state index contributed by atoms with van der Waals surface area (Å²) in [6, 6.07) is 8.67. The topological polar surface area (TPSA) is 66.6 Å². The molecule has 0 radical (unpaired) electrons. The Balaban J connectivity index is 1.47. The Morgan fingerprint density at radius 2 is 1.92 bits per heavy atom. The maximum atomic E-state index is 12.7. The van der Waals surface area contributed by atoms with Gasteiger partial charge in [0.1, 0.15) is 0 Å². The van der Waals surface area contributed by atoms with Gasteiger partial charge >= 0.3 is 0 Å². The Morgan fingerprint density at radius 3 is 2.62 bits per heavy atom. The van der Waals surface area contributed by atoms with Crippen molar-refractivity contribution in [2.75, 3.05) is 32.7 Å². The van der Waals surface area contributed by atoms with E-state index in [2.05, 4.69) is 36.1 Å². The largest absolute Gasteiger partial charge is 0.369 e. The van der Waals surface area contributed by atoms with Crippen LogP contribution in [0.4, 0.5) is 0 Å². The van der Waals surface area contributed by atoms with Crippen LogP contribution in [0.3, 0.4) is 0 Å². The lowest BCUT2D eigenvalue weighted by molar-refractivity contribution is -0.133. The van der Waals surface area contributed by atoms with Gasteiger partial charge in [0.25, 0.3) is 0 Å². The van der Waals surface area contributed by atoms with Gasteiger partial charge in [-0.2, -0.15) is 0 Å². The van der Waals surface area contributed by atoms with E-state index in [4.69, 9.17) is 5.73 Å². The van der Waals surface area contributed by atoms with Crippen LogP contribution in [0.25, 0.3) is 0 Å². The maximum Gasteiger partial charge on any atom is 0.223 e. The summed E-state index contributed by atoms with van der Waals surface area (Å²) in [6.07, 6.45) is 4.45. The van der Waals surface area contributed by atoms with E-state index >= 15 is 0 Å². The van der Waals surface area contributed by atoms with E-state index in [9.17, 15) is 9.59 Å². The highest BCUT2D eigenvalue weighted by Gasteiger charge is 2.26. The summed E-state index contributed by atoms with van der Waals surface area (Å²) in [5.74, 6) is 0.550. The smallest absolute Gasteiger partial charge is 0.223 e. The lowest BCUT2D eigenvalue weighted by atomic mass is 9.89. The van der Waals surface area contributed by atoms with E-state index in [1.807, 2.05) is 4.90 Å². The third-order valence-electron chi connectivity index (χ3n) is 5.92. The van der Waals surface area contributed by atoms with E-state index in [0.29, 0.717) is 12.3 Å². The van der Waals surface area contributed by atoms with Gasteiger partial charge < -0.3 is 15.5 Å². The highest BCUT2D eigenvalue weighted by Crippen LogP contribution is 2.28. The predicted molar refractivity (Wildman–Crippen MR) is 103 cm³/mol. The maximum absolute atomic E-state index is 12.7. The SMILES string of the molecule is Cc1cccc([C@H]2CCCN(C(=O)CCN3CCC(C(N)=O)CC3)C2)c1. The molecule has 142 valence electrons. The molecule has 5 heteroatoms. The second kappa shape index (κ2) is 8.67. The molecule has 2 N–H and O–H groups in total. The number of piperidine rings is 2. The minimum Gasteiger partial charge on any atom is -0.369 e. The highest BCUT2D eigenvalue weighted by molar-refractivity contribution is 5.77. The molecule has 2 aliphatic rings. The number of likely N-dealkylation sites (tertiary alicyclic amines) is 2. The fraction of sp³-hybridized carbons (Fsp3) is 0.619. The molecule has 1 aromatic rings. The van der Waals surface area contributed by atoms with Gasteiger partial charge in [-0.3, -0.25) is 9.59 Å². The third kappa shape index (κ3) is 4.85. The van der Waals surface area contributed by atoms with Crippen LogP contribution in [0.1, 0.15) is 49.1 Å². The Morgan fingerprint density at radius 1 is 1.15 bits per heavy atom. The van der Waals surface area contributed by atoms with E-state index in [1.165, 1.54) is 11.1 Å². The summed E-state index contributed by atoms with van der Waals surface area (Å²) < 4.78 is 0. The number of rotatable bonds is 5. The molecule has 26 heavy (non-hydrogen) atoms. The molecule has 2 saturated heterocycles. The van der Waals surface area contributed by atoms with Gasteiger partial charge in [-0.25, -0.2) is 0 Å². The van der Waals surface area contributed by atoms with Crippen LogP contribution in [0.5, 0.6) is 0 Å². The summed E-state index contributed by atoms with van der Waals surface area (Å²) in [6.45, 7) is 6.36. The number of aryl methyl sites for hydroxylation is 1. The Bertz CT molecular complexity index is 638. The molecule has 5 nitrogen and oxygen atoms in total. The number of primary amides is 1. The molecule has 1 atom stereocenters. The van der Waals surface area contributed by atoms with Crippen molar-refractivity contribution >= 4 is 11.8 Å². The molecule has 0 unspecified atom stereocenters. The molecule has 3 rings (SSSR count). The molecule has 0 bridgehead atoms. The Kier molecular flexibility index (Phi) is 6.30. The minimum absolute atomic E-state index is 0.0131. The summed E-state index contributed by atoms with van der Waals surface area (Å²) >= 11 is 0. The van der Waals surface area contributed by atoms with E-state index in [1.54, 1.807) is 0 Å². The monoisotopic (exact) mass is 357 g/mol. The number of carbonyl (C=O) groups is 2. The molecule has 0 aliphatic carbocycles. The average Bonchev–Trinajstić information content (AvgIpc) is 2.66. The quantitative estimate of drug-likeness (QED) is 0.879. The number of hydrogen-bond donors (Lipinski definition) is 1. The van der Waals surface area contributed by atoms with Gasteiger partial charge in [-0.1, -0.05) is 29.8 Å². The molecule has 0 spiro atoms. The lowest BCUT2D eigenvalue weighted by Crippen LogP contribution is -2.42. The molecule has 0 saturated carbocycles. The minimum atomic E-state index is -0.184. The second-order valence-electron chi connectivity index (χ2n) is 7.86. The molecule has 2 fully saturated rings. The standard InChI is InChI=1S/C21H31N3O2/c1-16-4-2-5-18(14-16)19-6-3-10-24(15-19)20(25)9-13-23-11-7-17(8-12-23)21(22)26/h2,4-5,14,17,19H,3,6-13,15H2,1H3,(H2,22,26)/t19-/m0/s1. The van der Waals surface area contributed by atoms with E-state index in [0.717, 1.165) is 58.4 Å². The predicted octanol–water partition coefficient (Wildman–Crippen LogP) is 2.29. The van der Waals surface area contributed by atoms with Gasteiger partial charge in [0.2, 0.25) is 11.8 Å². The van der Waals surface area contributed by atoms with Crippen molar-refractivity contribution < 1.29 is 9.59 Å². The summed E-state index contributed by atoms with van der Waals surface area (Å²) in [7, 11) is 0. The van der Waals surface area contributed by atoms with Crippen molar-refractivity contribution in [1.82, 2.24) is 9.80 Å². The van der Waals surface area contributed by atoms with E-state index in [-0.39, 0.29) is 17.7 Å². The first kappa shape index (κ1) is 18.9. The Labute approximate surface area is 156 Å². The number of nitrogens with two attached hydrogens (primary N) is 1. The van der Waals surface area contributed by atoms with Gasteiger partial charge in [-0.05, 0) is 51.3 Å². The van der Waals surface area contributed by atoms with Crippen molar-refractivity contribution in [2.24, 2.45) is 11.7 Å². The number of benzene rings is 1. The molecule has 2 amide bonds. The zero-order valence-corrected chi connectivity index (χ0v) is 15.8. The van der Waals surface area contributed by atoms with Crippen LogP contribution in [0, 0.1) is 12.8 Å². The number of carbonyl (C=O) groups excluding carboxylic acids is 2. The van der Waals surface area contributed by atoms with Gasteiger partial charge in [-0.15, -0.1) is 0 Å². The molecule has 1 aromatic carbocycles. The van der Waals surface area contributed by atoms with Gasteiger partial charge in [0.05, 0.1) is 0 Å². The molecular weight excluding hydrogens is 326 g/mol. The van der Waals surface area contributed by atoms with Crippen LogP contribution in [-0.2, 0) is 9.59 Å². The molecular formula is C21H31N3O2. The fourth-order valence-electron chi connectivity index (χ4n) is 4.25. The van der Waals surface area contributed by atoms with Crippen molar-refractivity contribution in [3.63, 3.8) is 0 Å². The molecule has 2 heterocycles. The van der Waals surface area contributed by atoms with Crippen molar-refractivity contribution in [1.29, 1.82) is 0 Å². The van der Waals surface area contributed by atoms with Gasteiger partial charge in [0.15, 0.2) is 0 Å². The van der Waals surface area contributed by atoms with Crippen LogP contribution in [0.15, 0.2) is 24.3 Å². The highest BCUT2D eigenvalue weighted by atomic mass is 16.2. The van der Waals surface area contributed by atoms with Gasteiger partial charge in [0, 0.05) is 37.9 Å². The first-order valence-corrected chi connectivity index (χ1v) is 9.89. The average molecular weight is 357 g/mol. The molecule has 0 aromatic heterocycles. The lowest BCUT2D eigenvalue weighted by Gasteiger charge is -2.34. The van der Waals surface area contributed by atoms with Crippen LogP contribution in [0.2, 0.25) is 0 Å². The zero-order valence-electron chi connectivity index (χ0n) is 15.8. The van der Waals surface area contributed by atoms with Crippen LogP contribution in [-0.4, -0.2) is 54.3 Å². The summed E-state index contributed by atoms with van der Waals surface area (Å²) in [5, 5.41) is 0. The number of nitrogens with zero attached hydrogens (tertiary/aromatic N) is 2. The van der Waals surface area contributed by atoms with E-state index < -0.39 is 0 Å². The van der Waals surface area contributed by atoms with Crippen molar-refractivity contribution in [2.45, 2.75) is 44.9 Å². The normalized spacial score (nSPS) is 22.3. The number of hydrogen-bond acceptors (Lipinski definition) is 3. The van der Waals surface area contributed by atoms with Crippen LogP contribution < -0.4 is 5.73 Å². The summed E-state index contributed by atoms with van der Waals surface area (Å²) in [4.78, 5) is 28.3. The molecule has 2 aliphatic heterocycles. The van der Waals surface area contributed by atoms with Crippen LogP contribution >= 0.6 is 0 Å². The fourth-order valence-corrected chi connectivity index (χ4v) is 4.25. The van der Waals surface area contributed by atoms with Crippen molar-refractivity contribution in [3.8, 4) is 0 Å². The first-order chi connectivity index (χ1) is 12.5. The second-order valence-corrected chi connectivity index (χ2v) is 7.86. The Hall–Kier alpha value is -1.88. The third-order valence-corrected chi connectivity index (χ3v) is 5.92. The zero-order chi connectivity index (χ0) is 18.5.